The number of furan rings is 1. The summed E-state index contributed by atoms with van der Waals surface area (Å²) in [5, 5.41) is 7.01. The second-order valence-corrected chi connectivity index (χ2v) is 8.53. The van der Waals surface area contributed by atoms with Crippen molar-refractivity contribution in [3.05, 3.63) is 77.2 Å². The van der Waals surface area contributed by atoms with Gasteiger partial charge in [0.25, 0.3) is 0 Å². The molecule has 3 heterocycles. The molecule has 0 fully saturated rings. The van der Waals surface area contributed by atoms with Crippen LogP contribution in [0.1, 0.15) is 67.5 Å². The predicted octanol–water partition coefficient (Wildman–Crippen LogP) is 6.41. The molecule has 2 unspecified atom stereocenters. The third kappa shape index (κ3) is 4.17. The number of rotatable bonds is 8. The maximum absolute atomic E-state index is 6.47. The number of hydrazone groups is 1. The van der Waals surface area contributed by atoms with Crippen molar-refractivity contribution in [2.75, 3.05) is 13.7 Å². The van der Waals surface area contributed by atoms with Crippen molar-refractivity contribution in [1.82, 2.24) is 5.01 Å². The molecule has 2 atom stereocenters. The topological polar surface area (TPSA) is 56.4 Å². The maximum Gasteiger partial charge on any atom is 0.214 e. The number of unbranched alkanes of at least 4 members (excludes halogenated alkanes) is 2. The van der Waals surface area contributed by atoms with E-state index in [1.807, 2.05) is 60.5 Å². The highest BCUT2D eigenvalue weighted by Crippen LogP contribution is 2.48. The highest BCUT2D eigenvalue weighted by atomic mass is 16.5. The number of hydrogen-bond donors (Lipinski definition) is 0. The number of hydrogen-bond acceptors (Lipinski definition) is 6. The lowest BCUT2D eigenvalue weighted by Crippen LogP contribution is -2.33. The van der Waals surface area contributed by atoms with E-state index in [1.54, 1.807) is 7.11 Å². The first-order valence-electron chi connectivity index (χ1n) is 11.7. The first-order chi connectivity index (χ1) is 16.2. The van der Waals surface area contributed by atoms with Crippen LogP contribution in [0.5, 0.6) is 17.2 Å². The number of aryl methyl sites for hydroxylation is 1. The monoisotopic (exact) mass is 446 g/mol. The summed E-state index contributed by atoms with van der Waals surface area (Å²) >= 11 is 0. The van der Waals surface area contributed by atoms with Crippen LogP contribution in [0.15, 0.2) is 64.1 Å². The van der Waals surface area contributed by atoms with E-state index in [0.717, 1.165) is 65.5 Å². The maximum atomic E-state index is 6.47. The first-order valence-corrected chi connectivity index (χ1v) is 11.7. The quantitative estimate of drug-likeness (QED) is 0.374. The van der Waals surface area contributed by atoms with E-state index < -0.39 is 0 Å². The number of benzene rings is 2. The minimum Gasteiger partial charge on any atom is -0.493 e. The molecule has 6 nitrogen and oxygen atoms in total. The molecule has 0 N–H and O–H groups in total. The Morgan fingerprint density at radius 1 is 1.06 bits per heavy atom. The van der Waals surface area contributed by atoms with Gasteiger partial charge in [-0.3, -0.25) is 0 Å². The molecule has 0 amide bonds. The fraction of sp³-hybridized carbons (Fsp3) is 0.370. The fourth-order valence-corrected chi connectivity index (χ4v) is 4.48. The molecule has 2 aliphatic rings. The van der Waals surface area contributed by atoms with Crippen LogP contribution in [-0.4, -0.2) is 24.4 Å². The molecular weight excluding hydrogens is 416 g/mol. The van der Waals surface area contributed by atoms with Gasteiger partial charge in [0, 0.05) is 17.5 Å². The molecule has 0 saturated heterocycles. The van der Waals surface area contributed by atoms with Gasteiger partial charge in [0.1, 0.15) is 23.0 Å². The van der Waals surface area contributed by atoms with Crippen molar-refractivity contribution in [3.63, 3.8) is 0 Å². The van der Waals surface area contributed by atoms with Gasteiger partial charge in [0.15, 0.2) is 11.5 Å². The summed E-state index contributed by atoms with van der Waals surface area (Å²) in [6.45, 7) is 4.82. The Morgan fingerprint density at radius 2 is 1.94 bits per heavy atom. The molecule has 2 aliphatic heterocycles. The Bertz CT molecular complexity index is 1150. The highest BCUT2D eigenvalue weighted by molar-refractivity contribution is 5.99. The lowest BCUT2D eigenvalue weighted by Gasteiger charge is -2.38. The van der Waals surface area contributed by atoms with Crippen LogP contribution in [0, 0.1) is 6.92 Å². The standard InChI is InChI=1S/C27H30N2O4/c1-4-5-8-15-31-25-14-12-19(16-26(25)30-3)27-29-22(20-9-6-7-10-23(20)33-27)17-21(28-29)24-13-11-18(2)32-24/h6-7,9-14,16,22,27H,4-5,8,15,17H2,1-3H3. The lowest BCUT2D eigenvalue weighted by molar-refractivity contribution is -0.0191. The second kappa shape index (κ2) is 9.22. The van der Waals surface area contributed by atoms with Crippen LogP contribution in [0.25, 0.3) is 0 Å². The summed E-state index contributed by atoms with van der Waals surface area (Å²) in [4.78, 5) is 0. The van der Waals surface area contributed by atoms with Gasteiger partial charge in [0.05, 0.1) is 19.8 Å². The highest BCUT2D eigenvalue weighted by Gasteiger charge is 2.41. The number of ether oxygens (including phenoxy) is 3. The van der Waals surface area contributed by atoms with E-state index in [0.29, 0.717) is 12.4 Å². The summed E-state index contributed by atoms with van der Waals surface area (Å²) in [7, 11) is 1.67. The number of fused-ring (bicyclic) bond motifs is 3. The van der Waals surface area contributed by atoms with Gasteiger partial charge in [0.2, 0.25) is 6.23 Å². The van der Waals surface area contributed by atoms with E-state index in [1.165, 1.54) is 0 Å². The fourth-order valence-electron chi connectivity index (χ4n) is 4.48. The van der Waals surface area contributed by atoms with Crippen molar-refractivity contribution in [1.29, 1.82) is 0 Å². The van der Waals surface area contributed by atoms with Gasteiger partial charge in [-0.05, 0) is 49.7 Å². The van der Waals surface area contributed by atoms with Crippen LogP contribution in [-0.2, 0) is 0 Å². The third-order valence-corrected chi connectivity index (χ3v) is 6.20. The molecule has 33 heavy (non-hydrogen) atoms. The summed E-state index contributed by atoms with van der Waals surface area (Å²) < 4.78 is 24.0. The molecule has 172 valence electrons. The zero-order chi connectivity index (χ0) is 22.8. The molecule has 5 rings (SSSR count). The van der Waals surface area contributed by atoms with Gasteiger partial charge in [-0.15, -0.1) is 0 Å². The summed E-state index contributed by atoms with van der Waals surface area (Å²) in [5.74, 6) is 4.03. The molecule has 0 aliphatic carbocycles. The van der Waals surface area contributed by atoms with E-state index in [4.69, 9.17) is 23.7 Å². The number of nitrogens with zero attached hydrogens (tertiary/aromatic N) is 2. The van der Waals surface area contributed by atoms with Crippen molar-refractivity contribution >= 4 is 5.71 Å². The average Bonchev–Trinajstić information content (AvgIpc) is 3.48. The van der Waals surface area contributed by atoms with E-state index >= 15 is 0 Å². The largest absolute Gasteiger partial charge is 0.493 e. The Balaban J connectivity index is 1.47. The zero-order valence-electron chi connectivity index (χ0n) is 19.4. The average molecular weight is 447 g/mol. The third-order valence-electron chi connectivity index (χ3n) is 6.20. The van der Waals surface area contributed by atoms with E-state index in [9.17, 15) is 0 Å². The van der Waals surface area contributed by atoms with Gasteiger partial charge >= 0.3 is 0 Å². The summed E-state index contributed by atoms with van der Waals surface area (Å²) in [5.41, 5.74) is 3.03. The number of methoxy groups -OCH3 is 1. The van der Waals surface area contributed by atoms with E-state index in [2.05, 4.69) is 13.0 Å². The molecule has 0 spiro atoms. The smallest absolute Gasteiger partial charge is 0.214 e. The van der Waals surface area contributed by atoms with E-state index in [-0.39, 0.29) is 12.3 Å². The second-order valence-electron chi connectivity index (χ2n) is 8.53. The zero-order valence-corrected chi connectivity index (χ0v) is 19.4. The summed E-state index contributed by atoms with van der Waals surface area (Å²) in [6.07, 6.45) is 3.74. The molecule has 1 aromatic heterocycles. The van der Waals surface area contributed by atoms with Crippen LogP contribution < -0.4 is 14.2 Å². The van der Waals surface area contributed by atoms with Gasteiger partial charge in [-0.25, -0.2) is 5.01 Å². The van der Waals surface area contributed by atoms with Gasteiger partial charge < -0.3 is 18.6 Å². The lowest BCUT2D eigenvalue weighted by atomic mass is 9.97. The van der Waals surface area contributed by atoms with Crippen molar-refractivity contribution in [2.24, 2.45) is 5.10 Å². The number of para-hydroxylation sites is 1. The minimum atomic E-state index is -0.374. The molecule has 6 heteroatoms. The SMILES string of the molecule is CCCCCOc1ccc(C2Oc3ccccc3C3CC(c4ccc(C)o4)=NN32)cc1OC. The van der Waals surface area contributed by atoms with Crippen LogP contribution in [0.3, 0.4) is 0 Å². The van der Waals surface area contributed by atoms with Crippen LogP contribution >= 0.6 is 0 Å². The minimum absolute atomic E-state index is 0.0799. The molecule has 0 bridgehead atoms. The molecular formula is C27H30N2O4. The Labute approximate surface area is 194 Å². The molecule has 3 aromatic rings. The Hall–Kier alpha value is -3.41. The first kappa shape index (κ1) is 21.4. The van der Waals surface area contributed by atoms with Crippen LogP contribution in [0.2, 0.25) is 0 Å². The Morgan fingerprint density at radius 3 is 2.73 bits per heavy atom. The summed E-state index contributed by atoms with van der Waals surface area (Å²) in [6, 6.07) is 18.2. The normalized spacial score (nSPS) is 18.9. The van der Waals surface area contributed by atoms with Crippen molar-refractivity contribution in [2.45, 2.75) is 51.8 Å². The molecule has 0 saturated carbocycles. The Kier molecular flexibility index (Phi) is 5.99. The van der Waals surface area contributed by atoms with Crippen molar-refractivity contribution in [3.8, 4) is 17.2 Å². The molecule has 0 radical (unpaired) electrons. The van der Waals surface area contributed by atoms with Crippen molar-refractivity contribution < 1.29 is 18.6 Å². The molecule has 2 aromatic carbocycles. The van der Waals surface area contributed by atoms with Gasteiger partial charge in [-0.1, -0.05) is 38.0 Å². The predicted molar refractivity (Wildman–Crippen MR) is 127 cm³/mol. The van der Waals surface area contributed by atoms with Crippen LogP contribution in [0.4, 0.5) is 0 Å². The van der Waals surface area contributed by atoms with Gasteiger partial charge in [-0.2, -0.15) is 5.10 Å².